The van der Waals surface area contributed by atoms with Crippen LogP contribution in [0.15, 0.2) is 0 Å². The highest BCUT2D eigenvalue weighted by atomic mass is 16.5. The van der Waals surface area contributed by atoms with Crippen molar-refractivity contribution in [2.75, 3.05) is 20.3 Å². The van der Waals surface area contributed by atoms with Gasteiger partial charge in [0.1, 0.15) is 6.04 Å². The third-order valence-electron chi connectivity index (χ3n) is 4.18. The number of ether oxygens (including phenoxy) is 1. The van der Waals surface area contributed by atoms with Gasteiger partial charge in [-0.2, -0.15) is 0 Å². The zero-order valence-corrected chi connectivity index (χ0v) is 12.6. The maximum atomic E-state index is 11.8. The molecule has 0 saturated heterocycles. The average Bonchev–Trinajstić information content (AvgIpc) is 3.19. The van der Waals surface area contributed by atoms with E-state index in [1.54, 1.807) is 7.11 Å². The van der Waals surface area contributed by atoms with Crippen LogP contribution < -0.4 is 10.6 Å². The predicted octanol–water partition coefficient (Wildman–Crippen LogP) is 1.60. The van der Waals surface area contributed by atoms with Gasteiger partial charge in [-0.3, -0.25) is 0 Å². The summed E-state index contributed by atoms with van der Waals surface area (Å²) in [6, 6.07) is -1.24. The zero-order chi connectivity index (χ0) is 15.2. The van der Waals surface area contributed by atoms with Crippen molar-refractivity contribution < 1.29 is 19.4 Å². The summed E-state index contributed by atoms with van der Waals surface area (Å²) in [6.45, 7) is 4.99. The molecule has 2 amide bonds. The van der Waals surface area contributed by atoms with Crippen LogP contribution in [-0.4, -0.2) is 43.4 Å². The van der Waals surface area contributed by atoms with Gasteiger partial charge in [0.2, 0.25) is 0 Å². The summed E-state index contributed by atoms with van der Waals surface area (Å²) in [4.78, 5) is 22.9. The van der Waals surface area contributed by atoms with Gasteiger partial charge in [-0.25, -0.2) is 9.59 Å². The van der Waals surface area contributed by atoms with Crippen molar-refractivity contribution in [1.29, 1.82) is 0 Å². The van der Waals surface area contributed by atoms with E-state index in [0.29, 0.717) is 19.6 Å². The van der Waals surface area contributed by atoms with E-state index in [-0.39, 0.29) is 11.3 Å². The number of carboxylic acid groups (broad SMARTS) is 1. The molecular weight excluding hydrogens is 260 g/mol. The number of carbonyl (C=O) groups is 2. The Labute approximate surface area is 120 Å². The highest BCUT2D eigenvalue weighted by molar-refractivity contribution is 5.82. The Morgan fingerprint density at radius 2 is 2.05 bits per heavy atom. The van der Waals surface area contributed by atoms with Crippen LogP contribution in [0.25, 0.3) is 0 Å². The Kier molecular flexibility index (Phi) is 6.26. The second kappa shape index (κ2) is 7.47. The standard InChI is InChI=1S/C14H26N2O4/c1-4-10(2)11(12(17)18)16-13(19)15-9-14(5-6-14)7-8-20-3/h10-11H,4-9H2,1-3H3,(H,17,18)(H2,15,16,19). The van der Waals surface area contributed by atoms with E-state index in [2.05, 4.69) is 10.6 Å². The molecule has 0 aromatic rings. The van der Waals surface area contributed by atoms with Crippen molar-refractivity contribution in [3.63, 3.8) is 0 Å². The maximum absolute atomic E-state index is 11.8. The SMILES string of the molecule is CCC(C)C(NC(=O)NCC1(CCOC)CC1)C(=O)O. The number of amides is 2. The Morgan fingerprint density at radius 3 is 2.50 bits per heavy atom. The number of methoxy groups -OCH3 is 1. The van der Waals surface area contributed by atoms with E-state index in [1.807, 2.05) is 13.8 Å². The lowest BCUT2D eigenvalue weighted by atomic mass is 9.99. The minimum atomic E-state index is -0.991. The molecule has 0 aromatic heterocycles. The summed E-state index contributed by atoms with van der Waals surface area (Å²) in [5, 5.41) is 14.5. The van der Waals surface area contributed by atoms with Gasteiger partial charge in [-0.05, 0) is 30.6 Å². The third kappa shape index (κ3) is 5.00. The Balaban J connectivity index is 2.37. The molecule has 0 radical (unpaired) electrons. The van der Waals surface area contributed by atoms with Gasteiger partial charge in [0, 0.05) is 20.3 Å². The molecule has 1 aliphatic carbocycles. The molecule has 0 bridgehead atoms. The molecule has 0 aliphatic heterocycles. The van der Waals surface area contributed by atoms with Gasteiger partial charge in [-0.15, -0.1) is 0 Å². The van der Waals surface area contributed by atoms with E-state index >= 15 is 0 Å². The molecule has 1 aliphatic rings. The second-order valence-electron chi connectivity index (χ2n) is 5.77. The van der Waals surface area contributed by atoms with Gasteiger partial charge in [0.05, 0.1) is 0 Å². The molecule has 1 rings (SSSR count). The van der Waals surface area contributed by atoms with Crippen molar-refractivity contribution in [3.05, 3.63) is 0 Å². The second-order valence-corrected chi connectivity index (χ2v) is 5.77. The molecule has 2 unspecified atom stereocenters. The Bertz CT molecular complexity index is 342. The fourth-order valence-corrected chi connectivity index (χ4v) is 2.15. The molecule has 3 N–H and O–H groups in total. The number of hydrogen-bond donors (Lipinski definition) is 3. The summed E-state index contributed by atoms with van der Waals surface area (Å²) >= 11 is 0. The molecule has 1 saturated carbocycles. The molecule has 6 nitrogen and oxygen atoms in total. The van der Waals surface area contributed by atoms with Gasteiger partial charge in [0.15, 0.2) is 0 Å². The van der Waals surface area contributed by atoms with Crippen LogP contribution in [0.3, 0.4) is 0 Å². The topological polar surface area (TPSA) is 87.7 Å². The third-order valence-corrected chi connectivity index (χ3v) is 4.18. The first-order chi connectivity index (χ1) is 9.44. The van der Waals surface area contributed by atoms with Gasteiger partial charge >= 0.3 is 12.0 Å². The predicted molar refractivity (Wildman–Crippen MR) is 75.6 cm³/mol. The van der Waals surface area contributed by atoms with Crippen molar-refractivity contribution in [3.8, 4) is 0 Å². The molecule has 0 aromatic carbocycles. The highest BCUT2D eigenvalue weighted by Crippen LogP contribution is 2.48. The van der Waals surface area contributed by atoms with Gasteiger partial charge in [0.25, 0.3) is 0 Å². The number of aliphatic carboxylic acids is 1. The van der Waals surface area contributed by atoms with E-state index in [4.69, 9.17) is 9.84 Å². The van der Waals surface area contributed by atoms with Gasteiger partial charge in [-0.1, -0.05) is 20.3 Å². The van der Waals surface area contributed by atoms with E-state index in [0.717, 1.165) is 19.3 Å². The summed E-state index contributed by atoms with van der Waals surface area (Å²) in [7, 11) is 1.67. The van der Waals surface area contributed by atoms with E-state index < -0.39 is 18.0 Å². The fraction of sp³-hybridized carbons (Fsp3) is 0.857. The number of hydrogen-bond acceptors (Lipinski definition) is 3. The van der Waals surface area contributed by atoms with E-state index in [1.165, 1.54) is 0 Å². The largest absolute Gasteiger partial charge is 0.480 e. The molecule has 6 heteroatoms. The Morgan fingerprint density at radius 1 is 1.40 bits per heavy atom. The number of nitrogens with one attached hydrogen (secondary N) is 2. The van der Waals surface area contributed by atoms with Crippen molar-refractivity contribution in [1.82, 2.24) is 10.6 Å². The summed E-state index contributed by atoms with van der Waals surface area (Å²) in [5.41, 5.74) is 0.155. The fourth-order valence-electron chi connectivity index (χ4n) is 2.15. The number of carbonyl (C=O) groups excluding carboxylic acids is 1. The molecular formula is C14H26N2O4. The van der Waals surface area contributed by atoms with Crippen molar-refractivity contribution in [2.24, 2.45) is 11.3 Å². The van der Waals surface area contributed by atoms with Crippen LogP contribution in [0.2, 0.25) is 0 Å². The Hall–Kier alpha value is -1.30. The summed E-state index contributed by atoms with van der Waals surface area (Å²) in [5.74, 6) is -1.09. The lowest BCUT2D eigenvalue weighted by Crippen LogP contribution is -2.50. The monoisotopic (exact) mass is 286 g/mol. The molecule has 0 heterocycles. The van der Waals surface area contributed by atoms with Crippen LogP contribution in [0, 0.1) is 11.3 Å². The lowest BCUT2D eigenvalue weighted by Gasteiger charge is -2.21. The number of rotatable bonds is 9. The van der Waals surface area contributed by atoms with Crippen molar-refractivity contribution in [2.45, 2.75) is 45.6 Å². The molecule has 1 fully saturated rings. The van der Waals surface area contributed by atoms with Crippen LogP contribution in [0.5, 0.6) is 0 Å². The summed E-state index contributed by atoms with van der Waals surface area (Å²) < 4.78 is 5.06. The highest BCUT2D eigenvalue weighted by Gasteiger charge is 2.42. The minimum absolute atomic E-state index is 0.0957. The quantitative estimate of drug-likeness (QED) is 0.601. The first kappa shape index (κ1) is 16.8. The smallest absolute Gasteiger partial charge is 0.326 e. The normalized spacial score (nSPS) is 18.9. The first-order valence-corrected chi connectivity index (χ1v) is 7.20. The molecule has 116 valence electrons. The van der Waals surface area contributed by atoms with Crippen LogP contribution in [-0.2, 0) is 9.53 Å². The first-order valence-electron chi connectivity index (χ1n) is 7.20. The summed E-state index contributed by atoms with van der Waals surface area (Å²) in [6.07, 6.45) is 3.81. The van der Waals surface area contributed by atoms with Crippen molar-refractivity contribution >= 4 is 12.0 Å². The minimum Gasteiger partial charge on any atom is -0.480 e. The van der Waals surface area contributed by atoms with Crippen LogP contribution in [0.1, 0.15) is 39.5 Å². The maximum Gasteiger partial charge on any atom is 0.326 e. The van der Waals surface area contributed by atoms with E-state index in [9.17, 15) is 9.59 Å². The van der Waals surface area contributed by atoms with Crippen LogP contribution >= 0.6 is 0 Å². The van der Waals surface area contributed by atoms with Gasteiger partial charge < -0.3 is 20.5 Å². The number of carboxylic acids is 1. The zero-order valence-electron chi connectivity index (χ0n) is 12.6. The average molecular weight is 286 g/mol. The molecule has 20 heavy (non-hydrogen) atoms. The molecule has 0 spiro atoms. The van der Waals surface area contributed by atoms with Crippen LogP contribution in [0.4, 0.5) is 4.79 Å². The molecule has 2 atom stereocenters. The number of urea groups is 1. The lowest BCUT2D eigenvalue weighted by molar-refractivity contribution is -0.140.